The molecule has 1 aromatic rings. The lowest BCUT2D eigenvalue weighted by molar-refractivity contribution is -0.164. The van der Waals surface area contributed by atoms with Gasteiger partial charge < -0.3 is 10.4 Å². The molecule has 1 heterocycles. The molecule has 0 aliphatic rings. The minimum atomic E-state index is -3.79. The molecule has 0 atom stereocenters. The summed E-state index contributed by atoms with van der Waals surface area (Å²) in [7, 11) is 0. The summed E-state index contributed by atoms with van der Waals surface area (Å²) in [6, 6.07) is 1.54. The molecule has 3 nitrogen and oxygen atoms in total. The summed E-state index contributed by atoms with van der Waals surface area (Å²) in [4.78, 5) is 10.1. The Bertz CT molecular complexity index is 400. The number of aliphatic carboxylic acids is 1. The average molecular weight is 327 g/mol. The molecular weight excluding hydrogens is 319 g/mol. The van der Waals surface area contributed by atoms with Crippen LogP contribution >= 0.6 is 46.9 Å². The van der Waals surface area contributed by atoms with Crippen molar-refractivity contribution in [1.29, 1.82) is 0 Å². The Kier molecular flexibility index (Phi) is 6.65. The second kappa shape index (κ2) is 6.70. The first kappa shape index (κ1) is 16.9. The fourth-order valence-electron chi connectivity index (χ4n) is 0.925. The van der Waals surface area contributed by atoms with Crippen LogP contribution in [0.4, 0.5) is 8.78 Å². The van der Waals surface area contributed by atoms with Crippen molar-refractivity contribution in [3.8, 4) is 0 Å². The third-order valence-corrected chi connectivity index (χ3v) is 3.27. The molecule has 0 fully saturated rings. The van der Waals surface area contributed by atoms with Crippen molar-refractivity contribution in [2.45, 2.75) is 12.5 Å². The minimum Gasteiger partial charge on any atom is -0.477 e. The second-order valence-electron chi connectivity index (χ2n) is 2.96. The first-order valence-corrected chi connectivity index (χ1v) is 5.66. The van der Waals surface area contributed by atoms with E-state index in [1.807, 2.05) is 0 Å². The summed E-state index contributed by atoms with van der Waals surface area (Å²) in [5, 5.41) is 10.5. The van der Waals surface area contributed by atoms with Gasteiger partial charge in [-0.3, -0.25) is 0 Å². The number of carboxylic acids is 1. The van der Waals surface area contributed by atoms with Crippen molar-refractivity contribution in [1.82, 2.24) is 5.32 Å². The Labute approximate surface area is 116 Å². The Morgan fingerprint density at radius 2 is 2.12 bits per heavy atom. The number of alkyl halides is 2. The molecule has 0 aromatic carbocycles. The van der Waals surface area contributed by atoms with E-state index in [2.05, 4.69) is 5.32 Å². The zero-order valence-corrected chi connectivity index (χ0v) is 11.3. The van der Waals surface area contributed by atoms with Crippen molar-refractivity contribution in [2.75, 3.05) is 6.54 Å². The van der Waals surface area contributed by atoms with E-state index in [4.69, 9.17) is 28.3 Å². The molecule has 0 aliphatic carbocycles. The largest absolute Gasteiger partial charge is 0.477 e. The molecule has 17 heavy (non-hydrogen) atoms. The monoisotopic (exact) mass is 325 g/mol. The molecule has 0 saturated heterocycles. The van der Waals surface area contributed by atoms with Crippen LogP contribution in [0.2, 0.25) is 8.67 Å². The Morgan fingerprint density at radius 3 is 2.53 bits per heavy atom. The smallest absolute Gasteiger partial charge is 0.375 e. The standard InChI is InChI=1S/C8H7Cl2F2NO2S.ClH/c9-5-1-4(6(10)16-5)2-13-3-8(11,12)7(14)15;/h1,13H,2-3H2,(H,14,15);1H. The van der Waals surface area contributed by atoms with Crippen molar-refractivity contribution in [3.05, 3.63) is 20.3 Å². The van der Waals surface area contributed by atoms with Gasteiger partial charge in [0.15, 0.2) is 0 Å². The lowest BCUT2D eigenvalue weighted by Crippen LogP contribution is -2.39. The van der Waals surface area contributed by atoms with Gasteiger partial charge in [0.2, 0.25) is 0 Å². The van der Waals surface area contributed by atoms with Gasteiger partial charge in [0, 0.05) is 6.54 Å². The van der Waals surface area contributed by atoms with Gasteiger partial charge in [0.25, 0.3) is 0 Å². The molecular formula is C8H8Cl3F2NO2S. The molecule has 9 heteroatoms. The molecule has 0 radical (unpaired) electrons. The Morgan fingerprint density at radius 1 is 1.53 bits per heavy atom. The van der Waals surface area contributed by atoms with Crippen LogP contribution in [0.15, 0.2) is 6.07 Å². The molecule has 1 rings (SSSR count). The van der Waals surface area contributed by atoms with Gasteiger partial charge in [-0.05, 0) is 11.6 Å². The third-order valence-electron chi connectivity index (χ3n) is 1.70. The topological polar surface area (TPSA) is 49.3 Å². The van der Waals surface area contributed by atoms with E-state index in [9.17, 15) is 13.6 Å². The molecule has 98 valence electrons. The van der Waals surface area contributed by atoms with E-state index < -0.39 is 18.4 Å². The van der Waals surface area contributed by atoms with Crippen molar-refractivity contribution in [2.24, 2.45) is 0 Å². The van der Waals surface area contributed by atoms with E-state index in [1.165, 1.54) is 0 Å². The number of nitrogens with one attached hydrogen (secondary N) is 1. The van der Waals surface area contributed by atoms with E-state index in [1.54, 1.807) is 6.07 Å². The fourth-order valence-corrected chi connectivity index (χ4v) is 2.41. The van der Waals surface area contributed by atoms with Crippen LogP contribution in [-0.2, 0) is 11.3 Å². The molecule has 2 N–H and O–H groups in total. The van der Waals surface area contributed by atoms with E-state index >= 15 is 0 Å². The summed E-state index contributed by atoms with van der Waals surface area (Å²) >= 11 is 12.5. The highest BCUT2D eigenvalue weighted by Gasteiger charge is 2.38. The lowest BCUT2D eigenvalue weighted by atomic mass is 10.3. The molecule has 0 bridgehead atoms. The molecule has 0 amide bonds. The van der Waals surface area contributed by atoms with Crippen molar-refractivity contribution < 1.29 is 18.7 Å². The first-order chi connectivity index (χ1) is 7.33. The van der Waals surface area contributed by atoms with E-state index in [0.29, 0.717) is 14.2 Å². The maximum Gasteiger partial charge on any atom is 0.375 e. The zero-order chi connectivity index (χ0) is 12.3. The highest BCUT2D eigenvalue weighted by atomic mass is 35.5. The van der Waals surface area contributed by atoms with Crippen LogP contribution in [0, 0.1) is 0 Å². The minimum absolute atomic E-state index is 0. The van der Waals surface area contributed by atoms with Gasteiger partial charge >= 0.3 is 11.9 Å². The maximum atomic E-state index is 12.6. The van der Waals surface area contributed by atoms with Crippen LogP contribution in [-0.4, -0.2) is 23.5 Å². The van der Waals surface area contributed by atoms with Gasteiger partial charge in [0.1, 0.15) is 0 Å². The SMILES string of the molecule is Cl.O=C(O)C(F)(F)CNCc1cc(Cl)sc1Cl. The van der Waals surface area contributed by atoms with Crippen molar-refractivity contribution in [3.63, 3.8) is 0 Å². The maximum absolute atomic E-state index is 12.6. The highest BCUT2D eigenvalue weighted by molar-refractivity contribution is 7.20. The van der Waals surface area contributed by atoms with Gasteiger partial charge in [-0.25, -0.2) is 4.79 Å². The van der Waals surface area contributed by atoms with Gasteiger partial charge in [-0.2, -0.15) is 8.78 Å². The Balaban J connectivity index is 0.00000256. The molecule has 1 aromatic heterocycles. The van der Waals surface area contributed by atoms with Crippen molar-refractivity contribution >= 4 is 52.9 Å². The van der Waals surface area contributed by atoms with Gasteiger partial charge in [-0.15, -0.1) is 23.7 Å². The molecule has 0 spiro atoms. The number of halogens is 5. The predicted octanol–water partition coefficient (Wildman–Crippen LogP) is 3.29. The average Bonchev–Trinajstić information content (AvgIpc) is 2.44. The zero-order valence-electron chi connectivity index (χ0n) is 8.18. The number of carbonyl (C=O) groups is 1. The number of thiophene rings is 1. The van der Waals surface area contributed by atoms with Crippen LogP contribution in [0.1, 0.15) is 5.56 Å². The summed E-state index contributed by atoms with van der Waals surface area (Å²) in [5.74, 6) is -5.94. The van der Waals surface area contributed by atoms with Crippen LogP contribution < -0.4 is 5.32 Å². The van der Waals surface area contributed by atoms with Crippen LogP contribution in [0.5, 0.6) is 0 Å². The summed E-state index contributed by atoms with van der Waals surface area (Å²) < 4.78 is 26.1. The number of hydrogen-bond acceptors (Lipinski definition) is 3. The Hall–Kier alpha value is -0.140. The number of carboxylic acid groups (broad SMARTS) is 1. The summed E-state index contributed by atoms with van der Waals surface area (Å²) in [6.07, 6.45) is 0. The molecule has 0 saturated carbocycles. The summed E-state index contributed by atoms with van der Waals surface area (Å²) in [5.41, 5.74) is 0.567. The van der Waals surface area contributed by atoms with E-state index in [-0.39, 0.29) is 19.0 Å². The number of hydrogen-bond donors (Lipinski definition) is 2. The second-order valence-corrected chi connectivity index (χ2v) is 5.25. The molecule has 0 unspecified atom stereocenters. The fraction of sp³-hybridized carbons (Fsp3) is 0.375. The third kappa shape index (κ3) is 4.93. The molecule has 0 aliphatic heterocycles. The van der Waals surface area contributed by atoms with Gasteiger partial charge in [-0.1, -0.05) is 23.2 Å². The van der Waals surface area contributed by atoms with Gasteiger partial charge in [0.05, 0.1) is 15.2 Å². The summed E-state index contributed by atoms with van der Waals surface area (Å²) in [6.45, 7) is -0.906. The van der Waals surface area contributed by atoms with E-state index in [0.717, 1.165) is 11.3 Å². The van der Waals surface area contributed by atoms with Crippen LogP contribution in [0.25, 0.3) is 0 Å². The van der Waals surface area contributed by atoms with Crippen LogP contribution in [0.3, 0.4) is 0 Å². The predicted molar refractivity (Wildman–Crippen MR) is 65.9 cm³/mol. The first-order valence-electron chi connectivity index (χ1n) is 4.08. The quantitative estimate of drug-likeness (QED) is 0.873. The highest BCUT2D eigenvalue weighted by Crippen LogP contribution is 2.31. The lowest BCUT2D eigenvalue weighted by Gasteiger charge is -2.11. The normalized spacial score (nSPS) is 11.1. The number of rotatable bonds is 5.